The van der Waals surface area contributed by atoms with Crippen LogP contribution in [0.5, 0.6) is 5.75 Å². The van der Waals surface area contributed by atoms with E-state index in [4.69, 9.17) is 4.74 Å². The number of nitrogens with one attached hydrogen (secondary N) is 1. The van der Waals surface area contributed by atoms with Gasteiger partial charge in [-0.15, -0.1) is 10.2 Å². The van der Waals surface area contributed by atoms with Gasteiger partial charge in [-0.2, -0.15) is 0 Å². The lowest BCUT2D eigenvalue weighted by Crippen LogP contribution is -2.20. The number of carbonyl (C=O) groups excluding carboxylic acids is 1. The van der Waals surface area contributed by atoms with Gasteiger partial charge in [0, 0.05) is 24.2 Å². The summed E-state index contributed by atoms with van der Waals surface area (Å²) in [6.45, 7) is 4.91. The third-order valence-corrected chi connectivity index (χ3v) is 5.24. The van der Waals surface area contributed by atoms with Gasteiger partial charge in [-0.3, -0.25) is 4.79 Å². The van der Waals surface area contributed by atoms with Gasteiger partial charge in [0.25, 0.3) is 5.91 Å². The van der Waals surface area contributed by atoms with Gasteiger partial charge < -0.3 is 14.6 Å². The highest BCUT2D eigenvalue weighted by molar-refractivity contribution is 5.92. The lowest BCUT2D eigenvalue weighted by Gasteiger charge is -2.11. The van der Waals surface area contributed by atoms with Crippen molar-refractivity contribution in [1.29, 1.82) is 0 Å². The number of benzene rings is 2. The summed E-state index contributed by atoms with van der Waals surface area (Å²) in [6.07, 6.45) is 4.55. The number of amides is 1. The second-order valence-electron chi connectivity index (χ2n) is 7.59. The fraction of sp³-hybridized carbons (Fsp3) is 0.348. The molecule has 0 bridgehead atoms. The molecular weight excluding hydrogens is 364 g/mol. The zero-order valence-corrected chi connectivity index (χ0v) is 16.9. The van der Waals surface area contributed by atoms with Gasteiger partial charge in [0.15, 0.2) is 12.4 Å². The molecule has 0 radical (unpaired) electrons. The van der Waals surface area contributed by atoms with Crippen LogP contribution >= 0.6 is 0 Å². The first kappa shape index (κ1) is 19.2. The van der Waals surface area contributed by atoms with E-state index in [2.05, 4.69) is 20.1 Å². The largest absolute Gasteiger partial charge is 0.483 e. The van der Waals surface area contributed by atoms with E-state index in [1.165, 1.54) is 12.8 Å². The van der Waals surface area contributed by atoms with Gasteiger partial charge in [-0.05, 0) is 68.1 Å². The molecule has 0 atom stereocenters. The number of aromatic nitrogens is 3. The normalized spacial score (nSPS) is 13.4. The molecule has 0 spiro atoms. The van der Waals surface area contributed by atoms with Gasteiger partial charge >= 0.3 is 0 Å². The second-order valence-corrected chi connectivity index (χ2v) is 7.59. The van der Waals surface area contributed by atoms with Crippen LogP contribution in [0.1, 0.15) is 36.2 Å². The molecule has 6 nitrogen and oxygen atoms in total. The molecule has 1 N–H and O–H groups in total. The van der Waals surface area contributed by atoms with E-state index >= 15 is 0 Å². The van der Waals surface area contributed by atoms with Gasteiger partial charge in [-0.25, -0.2) is 0 Å². The standard InChI is InChI=1S/C23H26N4O2/c1-16-7-8-17(2)20(14-16)29-15-22(28)24-19-11-9-18(10-12-19)23-26-25-21-6-4-3-5-13-27(21)23/h7-12,14H,3-6,13,15H2,1-2H3,(H,24,28). The van der Waals surface area contributed by atoms with Crippen LogP contribution in [0, 0.1) is 13.8 Å². The molecule has 2 heterocycles. The van der Waals surface area contributed by atoms with Gasteiger partial charge in [-0.1, -0.05) is 18.6 Å². The van der Waals surface area contributed by atoms with Crippen molar-refractivity contribution < 1.29 is 9.53 Å². The number of hydrogen-bond donors (Lipinski definition) is 1. The first-order valence-corrected chi connectivity index (χ1v) is 10.1. The van der Waals surface area contributed by atoms with Crippen molar-refractivity contribution in [3.63, 3.8) is 0 Å². The van der Waals surface area contributed by atoms with Crippen molar-refractivity contribution in [2.75, 3.05) is 11.9 Å². The number of ether oxygens (including phenoxy) is 1. The van der Waals surface area contributed by atoms with E-state index < -0.39 is 0 Å². The van der Waals surface area contributed by atoms with Crippen LogP contribution < -0.4 is 10.1 Å². The number of rotatable bonds is 5. The highest BCUT2D eigenvalue weighted by Crippen LogP contribution is 2.24. The first-order valence-electron chi connectivity index (χ1n) is 10.1. The number of aryl methyl sites for hydroxylation is 3. The number of anilines is 1. The Balaban J connectivity index is 1.39. The second kappa shape index (κ2) is 8.47. The maximum Gasteiger partial charge on any atom is 0.262 e. The van der Waals surface area contributed by atoms with E-state index in [-0.39, 0.29) is 12.5 Å². The van der Waals surface area contributed by atoms with E-state index in [1.807, 2.05) is 56.3 Å². The van der Waals surface area contributed by atoms with Crippen LogP contribution in [0.15, 0.2) is 42.5 Å². The molecule has 1 aliphatic heterocycles. The minimum absolute atomic E-state index is 0.0241. The predicted octanol–water partition coefficient (Wildman–Crippen LogP) is 4.31. The topological polar surface area (TPSA) is 69.0 Å². The van der Waals surface area contributed by atoms with Gasteiger partial charge in [0.05, 0.1) is 0 Å². The van der Waals surface area contributed by atoms with Crippen molar-refractivity contribution in [3.8, 4) is 17.1 Å². The van der Waals surface area contributed by atoms with E-state index in [0.717, 1.165) is 59.2 Å². The summed E-state index contributed by atoms with van der Waals surface area (Å²) < 4.78 is 7.90. The maximum absolute atomic E-state index is 12.3. The number of fused-ring (bicyclic) bond motifs is 1. The number of carbonyl (C=O) groups is 1. The molecule has 4 rings (SSSR count). The lowest BCUT2D eigenvalue weighted by molar-refractivity contribution is -0.118. The van der Waals surface area contributed by atoms with Crippen LogP contribution in [-0.2, 0) is 17.8 Å². The van der Waals surface area contributed by atoms with Gasteiger partial charge in [0.2, 0.25) is 0 Å². The molecule has 0 unspecified atom stereocenters. The minimum Gasteiger partial charge on any atom is -0.483 e. The first-order chi connectivity index (χ1) is 14.1. The zero-order chi connectivity index (χ0) is 20.2. The quantitative estimate of drug-likeness (QED) is 0.705. The molecule has 1 aliphatic rings. The molecule has 0 fully saturated rings. The molecule has 150 valence electrons. The predicted molar refractivity (Wildman–Crippen MR) is 113 cm³/mol. The van der Waals surface area contributed by atoms with Crippen molar-refractivity contribution in [2.24, 2.45) is 0 Å². The number of hydrogen-bond acceptors (Lipinski definition) is 4. The molecular formula is C23H26N4O2. The molecule has 0 saturated heterocycles. The van der Waals surface area contributed by atoms with Crippen molar-refractivity contribution in [2.45, 2.75) is 46.1 Å². The molecule has 29 heavy (non-hydrogen) atoms. The highest BCUT2D eigenvalue weighted by atomic mass is 16.5. The summed E-state index contributed by atoms with van der Waals surface area (Å²) in [6, 6.07) is 13.7. The van der Waals surface area contributed by atoms with Crippen molar-refractivity contribution >= 4 is 11.6 Å². The average molecular weight is 390 g/mol. The summed E-state index contributed by atoms with van der Waals surface area (Å²) in [4.78, 5) is 12.3. The molecule has 3 aromatic rings. The molecule has 2 aromatic carbocycles. The van der Waals surface area contributed by atoms with E-state index in [0.29, 0.717) is 0 Å². The fourth-order valence-corrected chi connectivity index (χ4v) is 3.60. The molecule has 1 aromatic heterocycles. The van der Waals surface area contributed by atoms with E-state index in [1.54, 1.807) is 0 Å². The summed E-state index contributed by atoms with van der Waals surface area (Å²) >= 11 is 0. The summed E-state index contributed by atoms with van der Waals surface area (Å²) in [5, 5.41) is 11.6. The van der Waals surface area contributed by atoms with Crippen LogP contribution in [0.4, 0.5) is 5.69 Å². The van der Waals surface area contributed by atoms with Crippen LogP contribution in [0.2, 0.25) is 0 Å². The van der Waals surface area contributed by atoms with Crippen LogP contribution in [0.25, 0.3) is 11.4 Å². The molecule has 0 saturated carbocycles. The Bertz CT molecular complexity index is 1010. The fourth-order valence-electron chi connectivity index (χ4n) is 3.60. The molecule has 1 amide bonds. The third-order valence-electron chi connectivity index (χ3n) is 5.24. The van der Waals surface area contributed by atoms with Crippen molar-refractivity contribution in [1.82, 2.24) is 14.8 Å². The van der Waals surface area contributed by atoms with Crippen LogP contribution in [-0.4, -0.2) is 27.3 Å². The Kier molecular flexibility index (Phi) is 5.60. The maximum atomic E-state index is 12.3. The Hall–Kier alpha value is -3.15. The highest BCUT2D eigenvalue weighted by Gasteiger charge is 2.16. The third kappa shape index (κ3) is 4.47. The monoisotopic (exact) mass is 390 g/mol. The molecule has 6 heteroatoms. The van der Waals surface area contributed by atoms with Gasteiger partial charge in [0.1, 0.15) is 11.6 Å². The summed E-state index contributed by atoms with van der Waals surface area (Å²) in [5.41, 5.74) is 3.86. The lowest BCUT2D eigenvalue weighted by atomic mass is 10.1. The zero-order valence-electron chi connectivity index (χ0n) is 16.9. The summed E-state index contributed by atoms with van der Waals surface area (Å²) in [7, 11) is 0. The SMILES string of the molecule is Cc1ccc(C)c(OCC(=O)Nc2ccc(-c3nnc4n3CCCCC4)cc2)c1. The Morgan fingerprint density at radius 3 is 2.72 bits per heavy atom. The van der Waals surface area contributed by atoms with Crippen LogP contribution in [0.3, 0.4) is 0 Å². The summed E-state index contributed by atoms with van der Waals surface area (Å²) in [5.74, 6) is 2.52. The average Bonchev–Trinajstić information content (AvgIpc) is 2.97. The van der Waals surface area contributed by atoms with E-state index in [9.17, 15) is 4.79 Å². The Morgan fingerprint density at radius 1 is 1.07 bits per heavy atom. The Labute approximate surface area is 170 Å². The number of nitrogens with zero attached hydrogens (tertiary/aromatic N) is 3. The smallest absolute Gasteiger partial charge is 0.262 e. The minimum atomic E-state index is -0.185. The molecule has 0 aliphatic carbocycles. The van der Waals surface area contributed by atoms with Crippen molar-refractivity contribution in [3.05, 3.63) is 59.4 Å². The Morgan fingerprint density at radius 2 is 1.90 bits per heavy atom.